The minimum atomic E-state index is 0.881. The first-order valence-corrected chi connectivity index (χ1v) is 5.49. The van der Waals surface area contributed by atoms with Gasteiger partial charge >= 0.3 is 0 Å². The molecule has 0 amide bonds. The topological polar surface area (TPSA) is 29.9 Å². The van der Waals surface area contributed by atoms with Crippen LogP contribution in [0.5, 0.6) is 0 Å². The molecular formula is C10H10BrN3. The lowest BCUT2D eigenvalue weighted by Gasteiger charge is -2.15. The molecule has 0 fully saturated rings. The third-order valence-electron chi connectivity index (χ3n) is 2.58. The molecule has 3 rings (SSSR count). The van der Waals surface area contributed by atoms with Crippen molar-refractivity contribution in [2.24, 2.45) is 0 Å². The molecule has 0 bridgehead atoms. The summed E-state index contributed by atoms with van der Waals surface area (Å²) in [6.07, 6.45) is 0. The summed E-state index contributed by atoms with van der Waals surface area (Å²) in [6, 6.07) is 6.23. The van der Waals surface area contributed by atoms with Gasteiger partial charge in [0.05, 0.1) is 17.6 Å². The molecule has 0 atom stereocenters. The zero-order valence-electron chi connectivity index (χ0n) is 7.63. The predicted octanol–water partition coefficient (Wildman–Crippen LogP) is 1.90. The first kappa shape index (κ1) is 8.44. The average Bonchev–Trinajstić information content (AvgIpc) is 2.56. The zero-order valence-corrected chi connectivity index (χ0v) is 9.21. The van der Waals surface area contributed by atoms with E-state index in [2.05, 4.69) is 42.9 Å². The number of aromatic nitrogens is 2. The molecule has 0 saturated heterocycles. The maximum Gasteiger partial charge on any atom is 0.123 e. The van der Waals surface area contributed by atoms with Crippen LogP contribution in [-0.4, -0.2) is 16.1 Å². The van der Waals surface area contributed by atoms with Gasteiger partial charge in [0.15, 0.2) is 0 Å². The Morgan fingerprint density at radius 3 is 3.29 bits per heavy atom. The molecule has 1 aliphatic rings. The molecule has 4 heteroatoms. The van der Waals surface area contributed by atoms with Crippen LogP contribution in [0.25, 0.3) is 11.0 Å². The van der Waals surface area contributed by atoms with E-state index in [-0.39, 0.29) is 0 Å². The van der Waals surface area contributed by atoms with Crippen molar-refractivity contribution < 1.29 is 0 Å². The Balaban J connectivity index is 2.32. The van der Waals surface area contributed by atoms with E-state index in [4.69, 9.17) is 0 Å². The van der Waals surface area contributed by atoms with Gasteiger partial charge in [-0.1, -0.05) is 15.9 Å². The molecule has 0 radical (unpaired) electrons. The molecule has 0 saturated carbocycles. The Morgan fingerprint density at radius 2 is 2.36 bits per heavy atom. The number of imidazole rings is 1. The van der Waals surface area contributed by atoms with Crippen LogP contribution in [0.4, 0.5) is 0 Å². The molecule has 14 heavy (non-hydrogen) atoms. The van der Waals surface area contributed by atoms with E-state index < -0.39 is 0 Å². The van der Waals surface area contributed by atoms with E-state index in [1.807, 2.05) is 6.07 Å². The SMILES string of the molecule is Brc1ccc2nc3n(c2c1)CCNC3. The Hall–Kier alpha value is -0.870. The van der Waals surface area contributed by atoms with Gasteiger partial charge in [0.1, 0.15) is 5.82 Å². The fourth-order valence-corrected chi connectivity index (χ4v) is 2.27. The van der Waals surface area contributed by atoms with E-state index in [9.17, 15) is 0 Å². The minimum Gasteiger partial charge on any atom is -0.326 e. The summed E-state index contributed by atoms with van der Waals surface area (Å²) in [6.45, 7) is 2.93. The zero-order chi connectivity index (χ0) is 9.54. The van der Waals surface area contributed by atoms with E-state index in [0.717, 1.165) is 35.4 Å². The Labute approximate surface area is 90.3 Å². The van der Waals surface area contributed by atoms with Crippen molar-refractivity contribution in [1.29, 1.82) is 0 Å². The molecule has 3 nitrogen and oxygen atoms in total. The van der Waals surface area contributed by atoms with Crippen LogP contribution in [0.15, 0.2) is 22.7 Å². The summed E-state index contributed by atoms with van der Waals surface area (Å²) >= 11 is 3.49. The molecule has 1 aromatic carbocycles. The van der Waals surface area contributed by atoms with Crippen molar-refractivity contribution in [3.8, 4) is 0 Å². The third-order valence-corrected chi connectivity index (χ3v) is 3.08. The average molecular weight is 252 g/mol. The number of halogens is 1. The second kappa shape index (κ2) is 3.07. The van der Waals surface area contributed by atoms with Crippen LogP contribution in [-0.2, 0) is 13.1 Å². The van der Waals surface area contributed by atoms with E-state index in [1.54, 1.807) is 0 Å². The summed E-state index contributed by atoms with van der Waals surface area (Å²) in [4.78, 5) is 4.57. The summed E-state index contributed by atoms with van der Waals surface area (Å²) in [7, 11) is 0. The summed E-state index contributed by atoms with van der Waals surface area (Å²) in [5.74, 6) is 1.14. The van der Waals surface area contributed by atoms with Crippen LogP contribution in [0.3, 0.4) is 0 Å². The second-order valence-corrected chi connectivity index (χ2v) is 4.41. The second-order valence-electron chi connectivity index (χ2n) is 3.49. The molecule has 2 heterocycles. The predicted molar refractivity (Wildman–Crippen MR) is 59.1 cm³/mol. The highest BCUT2D eigenvalue weighted by atomic mass is 79.9. The molecule has 1 aromatic heterocycles. The number of hydrogen-bond donors (Lipinski definition) is 1. The van der Waals surface area contributed by atoms with Crippen LogP contribution in [0.2, 0.25) is 0 Å². The molecule has 2 aromatic rings. The van der Waals surface area contributed by atoms with Crippen LogP contribution in [0.1, 0.15) is 5.82 Å². The number of benzene rings is 1. The van der Waals surface area contributed by atoms with Crippen LogP contribution in [0, 0.1) is 0 Å². The van der Waals surface area contributed by atoms with Crippen molar-refractivity contribution in [2.75, 3.05) is 6.54 Å². The van der Waals surface area contributed by atoms with Crippen molar-refractivity contribution in [3.63, 3.8) is 0 Å². The van der Waals surface area contributed by atoms with Crippen molar-refractivity contribution in [2.45, 2.75) is 13.1 Å². The fourth-order valence-electron chi connectivity index (χ4n) is 1.92. The molecule has 1 aliphatic heterocycles. The van der Waals surface area contributed by atoms with Gasteiger partial charge in [-0.2, -0.15) is 0 Å². The number of nitrogens with zero attached hydrogens (tertiary/aromatic N) is 2. The Morgan fingerprint density at radius 1 is 1.43 bits per heavy atom. The van der Waals surface area contributed by atoms with E-state index in [1.165, 1.54) is 5.52 Å². The largest absolute Gasteiger partial charge is 0.326 e. The molecule has 0 spiro atoms. The third kappa shape index (κ3) is 1.18. The van der Waals surface area contributed by atoms with Crippen molar-refractivity contribution >= 4 is 27.0 Å². The first-order chi connectivity index (χ1) is 6.84. The standard InChI is InChI=1S/C10H10BrN3/c11-7-1-2-8-9(5-7)14-4-3-12-6-10(14)13-8/h1-2,5,12H,3-4,6H2. The highest BCUT2D eigenvalue weighted by Crippen LogP contribution is 2.21. The van der Waals surface area contributed by atoms with Gasteiger partial charge in [-0.3, -0.25) is 0 Å². The smallest absolute Gasteiger partial charge is 0.123 e. The van der Waals surface area contributed by atoms with Crippen molar-refractivity contribution in [1.82, 2.24) is 14.9 Å². The molecule has 0 unspecified atom stereocenters. The number of nitrogens with one attached hydrogen (secondary N) is 1. The number of rotatable bonds is 0. The van der Waals surface area contributed by atoms with Gasteiger partial charge < -0.3 is 9.88 Å². The van der Waals surface area contributed by atoms with Gasteiger partial charge in [0.2, 0.25) is 0 Å². The Bertz CT molecular complexity index is 489. The fraction of sp³-hybridized carbons (Fsp3) is 0.300. The highest BCUT2D eigenvalue weighted by Gasteiger charge is 2.13. The molecule has 0 aliphatic carbocycles. The van der Waals surface area contributed by atoms with Gasteiger partial charge in [-0.15, -0.1) is 0 Å². The van der Waals surface area contributed by atoms with Gasteiger partial charge in [-0.05, 0) is 18.2 Å². The monoisotopic (exact) mass is 251 g/mol. The van der Waals surface area contributed by atoms with Crippen LogP contribution < -0.4 is 5.32 Å². The highest BCUT2D eigenvalue weighted by molar-refractivity contribution is 9.10. The van der Waals surface area contributed by atoms with E-state index >= 15 is 0 Å². The van der Waals surface area contributed by atoms with Gasteiger partial charge in [0.25, 0.3) is 0 Å². The molecule has 1 N–H and O–H groups in total. The first-order valence-electron chi connectivity index (χ1n) is 4.70. The summed E-state index contributed by atoms with van der Waals surface area (Å²) in [5.41, 5.74) is 2.32. The van der Waals surface area contributed by atoms with E-state index in [0.29, 0.717) is 0 Å². The van der Waals surface area contributed by atoms with Crippen LogP contribution >= 0.6 is 15.9 Å². The lowest BCUT2D eigenvalue weighted by molar-refractivity contribution is 0.514. The lowest BCUT2D eigenvalue weighted by Crippen LogP contribution is -2.28. The number of fused-ring (bicyclic) bond motifs is 3. The molecular weight excluding hydrogens is 242 g/mol. The number of hydrogen-bond acceptors (Lipinski definition) is 2. The van der Waals surface area contributed by atoms with Gasteiger partial charge in [0, 0.05) is 17.6 Å². The Kier molecular flexibility index (Phi) is 1.85. The summed E-state index contributed by atoms with van der Waals surface area (Å²) in [5, 5.41) is 3.32. The quantitative estimate of drug-likeness (QED) is 0.776. The normalized spacial score (nSPS) is 15.8. The maximum atomic E-state index is 4.57. The minimum absolute atomic E-state index is 0.881. The van der Waals surface area contributed by atoms with Crippen molar-refractivity contribution in [3.05, 3.63) is 28.5 Å². The summed E-state index contributed by atoms with van der Waals surface area (Å²) < 4.78 is 3.41. The van der Waals surface area contributed by atoms with Gasteiger partial charge in [-0.25, -0.2) is 4.98 Å². The molecule has 72 valence electrons. The maximum absolute atomic E-state index is 4.57. The lowest BCUT2D eigenvalue weighted by atomic mass is 10.3.